The number of carbonyl (C=O) groups is 1. The fourth-order valence-corrected chi connectivity index (χ4v) is 5.29. The lowest BCUT2D eigenvalue weighted by molar-refractivity contribution is -0.119. The molecule has 1 saturated heterocycles. The maximum atomic E-state index is 12.9. The van der Waals surface area contributed by atoms with Crippen LogP contribution in [0.2, 0.25) is 0 Å². The zero-order valence-electron chi connectivity index (χ0n) is 10.9. The van der Waals surface area contributed by atoms with Gasteiger partial charge in [-0.2, -0.15) is 0 Å². The summed E-state index contributed by atoms with van der Waals surface area (Å²) in [6.07, 6.45) is 0. The Morgan fingerprint density at radius 2 is 2.19 bits per heavy atom. The van der Waals surface area contributed by atoms with Gasteiger partial charge >= 0.3 is 0 Å². The minimum atomic E-state index is -3.18. The largest absolute Gasteiger partial charge is 0.398 e. The van der Waals surface area contributed by atoms with E-state index >= 15 is 0 Å². The van der Waals surface area contributed by atoms with E-state index < -0.39 is 27.1 Å². The third-order valence-corrected chi connectivity index (χ3v) is 6.42. The van der Waals surface area contributed by atoms with Crippen LogP contribution in [0.3, 0.4) is 0 Å². The molecule has 1 aliphatic rings. The summed E-state index contributed by atoms with van der Waals surface area (Å²) in [4.78, 5) is 12.4. The molecule has 0 spiro atoms. The lowest BCUT2D eigenvalue weighted by Crippen LogP contribution is -2.41. The Labute approximate surface area is 131 Å². The number of nitrogens with two attached hydrogens (primary N) is 1. The third-order valence-electron chi connectivity index (χ3n) is 2.96. The van der Waals surface area contributed by atoms with E-state index in [2.05, 4.69) is 5.32 Å². The van der Waals surface area contributed by atoms with Crippen LogP contribution < -0.4 is 11.1 Å². The summed E-state index contributed by atoms with van der Waals surface area (Å²) in [6.45, 7) is 0. The molecule has 1 aromatic rings. The number of hydrogen-bond donors (Lipinski definition) is 2. The van der Waals surface area contributed by atoms with E-state index in [0.717, 1.165) is 11.8 Å². The van der Waals surface area contributed by atoms with Gasteiger partial charge in [0, 0.05) is 10.6 Å². The number of rotatable bonds is 4. The van der Waals surface area contributed by atoms with Crippen LogP contribution in [0.4, 0.5) is 10.1 Å². The van der Waals surface area contributed by atoms with E-state index in [4.69, 9.17) is 17.3 Å². The van der Waals surface area contributed by atoms with Crippen LogP contribution in [0.25, 0.3) is 0 Å². The van der Waals surface area contributed by atoms with Crippen LogP contribution in [0.1, 0.15) is 0 Å². The normalized spacial score (nSPS) is 23.9. The highest BCUT2D eigenvalue weighted by molar-refractivity contribution is 8.00. The van der Waals surface area contributed by atoms with Gasteiger partial charge in [-0.3, -0.25) is 4.79 Å². The van der Waals surface area contributed by atoms with E-state index in [-0.39, 0.29) is 28.9 Å². The van der Waals surface area contributed by atoms with Gasteiger partial charge in [0.15, 0.2) is 9.84 Å². The molecule has 0 aromatic heterocycles. The topological polar surface area (TPSA) is 89.3 Å². The highest BCUT2D eigenvalue weighted by atomic mass is 35.5. The SMILES string of the molecule is Nc1cc(F)ccc1SCC(=O)NC1CS(=O)(=O)CC1Cl. The van der Waals surface area contributed by atoms with Gasteiger partial charge in [-0.25, -0.2) is 12.8 Å². The molecule has 1 heterocycles. The number of hydrogen-bond acceptors (Lipinski definition) is 5. The highest BCUT2D eigenvalue weighted by Crippen LogP contribution is 2.25. The molecular formula is C12H14ClFN2O3S2. The first-order chi connectivity index (χ1) is 9.77. The zero-order chi connectivity index (χ0) is 15.6. The third kappa shape index (κ3) is 4.49. The van der Waals surface area contributed by atoms with Gasteiger partial charge in [0.1, 0.15) is 5.82 Å². The number of carbonyl (C=O) groups excluding carboxylic acids is 1. The van der Waals surface area contributed by atoms with Crippen molar-refractivity contribution in [3.8, 4) is 0 Å². The Balaban J connectivity index is 1.88. The quantitative estimate of drug-likeness (QED) is 0.480. The number of thioether (sulfide) groups is 1. The van der Waals surface area contributed by atoms with E-state index in [0.29, 0.717) is 4.90 Å². The number of anilines is 1. The predicted molar refractivity (Wildman–Crippen MR) is 81.8 cm³/mol. The highest BCUT2D eigenvalue weighted by Gasteiger charge is 2.37. The second kappa shape index (κ2) is 6.41. The minimum Gasteiger partial charge on any atom is -0.398 e. The van der Waals surface area contributed by atoms with Gasteiger partial charge in [0.25, 0.3) is 0 Å². The van der Waals surface area contributed by atoms with Crippen LogP contribution in [-0.4, -0.2) is 43.0 Å². The zero-order valence-corrected chi connectivity index (χ0v) is 13.3. The van der Waals surface area contributed by atoms with Crippen molar-refractivity contribution in [2.45, 2.75) is 16.3 Å². The van der Waals surface area contributed by atoms with Crippen molar-refractivity contribution in [3.05, 3.63) is 24.0 Å². The summed E-state index contributed by atoms with van der Waals surface area (Å²) >= 11 is 7.06. The first kappa shape index (κ1) is 16.4. The fraction of sp³-hybridized carbons (Fsp3) is 0.417. The molecular weight excluding hydrogens is 339 g/mol. The number of amides is 1. The summed E-state index contributed by atoms with van der Waals surface area (Å²) < 4.78 is 35.7. The average molecular weight is 353 g/mol. The van der Waals surface area contributed by atoms with E-state index in [1.165, 1.54) is 18.2 Å². The van der Waals surface area contributed by atoms with Crippen molar-refractivity contribution in [2.75, 3.05) is 23.0 Å². The van der Waals surface area contributed by atoms with Gasteiger partial charge in [0.2, 0.25) is 5.91 Å². The molecule has 3 N–H and O–H groups in total. The molecule has 0 bridgehead atoms. The van der Waals surface area contributed by atoms with E-state index in [1.807, 2.05) is 0 Å². The second-order valence-electron chi connectivity index (χ2n) is 4.74. The Morgan fingerprint density at radius 3 is 2.76 bits per heavy atom. The summed E-state index contributed by atoms with van der Waals surface area (Å²) in [7, 11) is -3.18. The first-order valence-corrected chi connectivity index (χ1v) is 9.33. The van der Waals surface area contributed by atoms with Gasteiger partial charge < -0.3 is 11.1 Å². The molecule has 1 amide bonds. The molecule has 1 fully saturated rings. The maximum absolute atomic E-state index is 12.9. The van der Waals surface area contributed by atoms with Crippen molar-refractivity contribution < 1.29 is 17.6 Å². The summed E-state index contributed by atoms with van der Waals surface area (Å²) in [5.41, 5.74) is 5.89. The predicted octanol–water partition coefficient (Wildman–Crippen LogP) is 1.02. The van der Waals surface area contributed by atoms with Crippen LogP contribution >= 0.6 is 23.4 Å². The Morgan fingerprint density at radius 1 is 1.48 bits per heavy atom. The van der Waals surface area contributed by atoms with E-state index in [1.54, 1.807) is 0 Å². The molecule has 5 nitrogen and oxygen atoms in total. The van der Waals surface area contributed by atoms with Gasteiger partial charge in [-0.15, -0.1) is 23.4 Å². The molecule has 2 rings (SSSR count). The van der Waals surface area contributed by atoms with Crippen LogP contribution in [-0.2, 0) is 14.6 Å². The number of nitrogens with one attached hydrogen (secondary N) is 1. The van der Waals surface area contributed by atoms with Crippen LogP contribution in [0, 0.1) is 5.82 Å². The molecule has 116 valence electrons. The lowest BCUT2D eigenvalue weighted by Gasteiger charge is -2.14. The fourth-order valence-electron chi connectivity index (χ4n) is 1.98. The lowest BCUT2D eigenvalue weighted by atomic mass is 10.2. The Hall–Kier alpha value is -0.990. The Bertz CT molecular complexity index is 654. The van der Waals surface area contributed by atoms with E-state index in [9.17, 15) is 17.6 Å². The molecule has 9 heteroatoms. The molecule has 0 radical (unpaired) electrons. The summed E-state index contributed by atoms with van der Waals surface area (Å²) in [6, 6.07) is 3.36. The molecule has 2 atom stereocenters. The molecule has 2 unspecified atom stereocenters. The maximum Gasteiger partial charge on any atom is 0.230 e. The minimum absolute atomic E-state index is 0.0516. The Kier molecular flexibility index (Phi) is 5.00. The van der Waals surface area contributed by atoms with Gasteiger partial charge in [-0.1, -0.05) is 0 Å². The molecule has 1 aliphatic heterocycles. The molecule has 21 heavy (non-hydrogen) atoms. The van der Waals surface area contributed by atoms with Crippen molar-refractivity contribution in [3.63, 3.8) is 0 Å². The molecule has 0 aliphatic carbocycles. The molecule has 0 saturated carbocycles. The molecule has 1 aromatic carbocycles. The van der Waals surface area contributed by atoms with Crippen LogP contribution in [0.5, 0.6) is 0 Å². The van der Waals surface area contributed by atoms with Crippen LogP contribution in [0.15, 0.2) is 23.1 Å². The number of nitrogen functional groups attached to an aromatic ring is 1. The van der Waals surface area contributed by atoms with Crippen molar-refractivity contribution >= 4 is 44.8 Å². The van der Waals surface area contributed by atoms with Gasteiger partial charge in [-0.05, 0) is 18.2 Å². The number of sulfone groups is 1. The monoisotopic (exact) mass is 352 g/mol. The second-order valence-corrected chi connectivity index (χ2v) is 8.47. The van der Waals surface area contributed by atoms with Crippen molar-refractivity contribution in [1.29, 1.82) is 0 Å². The first-order valence-electron chi connectivity index (χ1n) is 6.08. The average Bonchev–Trinajstić information content (AvgIpc) is 2.61. The summed E-state index contributed by atoms with van der Waals surface area (Å²) in [5.74, 6) is -0.997. The number of alkyl halides is 1. The number of halogens is 2. The van der Waals surface area contributed by atoms with Crippen molar-refractivity contribution in [1.82, 2.24) is 5.32 Å². The standard InChI is InChI=1S/C12H14ClFN2O3S2/c13-8-5-21(18,19)6-10(8)16-12(17)4-20-11-2-1-7(14)3-9(11)15/h1-3,8,10H,4-6,15H2,(H,16,17). The number of benzene rings is 1. The summed E-state index contributed by atoms with van der Waals surface area (Å²) in [5, 5.41) is 1.99. The van der Waals surface area contributed by atoms with Gasteiger partial charge in [0.05, 0.1) is 28.7 Å². The van der Waals surface area contributed by atoms with Crippen molar-refractivity contribution in [2.24, 2.45) is 0 Å². The smallest absolute Gasteiger partial charge is 0.230 e.